The zero-order valence-electron chi connectivity index (χ0n) is 13.8. The predicted octanol–water partition coefficient (Wildman–Crippen LogP) is -0.151. The zero-order chi connectivity index (χ0) is 17.3. The minimum Gasteiger partial charge on any atom is -0.545 e. The number of hydrogen-bond donors (Lipinski definition) is 0. The van der Waals surface area contributed by atoms with Gasteiger partial charge < -0.3 is 14.5 Å². The summed E-state index contributed by atoms with van der Waals surface area (Å²) in [6, 6.07) is 18.3. The molecule has 3 rings (SSSR count). The number of carbonyl (C=O) groups excluding carboxylic acids is 1. The van der Waals surface area contributed by atoms with Crippen LogP contribution in [0.15, 0.2) is 69.9 Å². The number of hydrogen-bond acceptors (Lipinski definition) is 3. The Labute approximate surface area is 175 Å². The van der Waals surface area contributed by atoms with E-state index >= 15 is 0 Å². The van der Waals surface area contributed by atoms with E-state index in [1.54, 1.807) is 35.9 Å². The first-order chi connectivity index (χ1) is 11.5. The molecule has 0 radical (unpaired) electrons. The van der Waals surface area contributed by atoms with Crippen LogP contribution in [0.5, 0.6) is 0 Å². The van der Waals surface area contributed by atoms with Crippen LogP contribution in [0.1, 0.15) is 10.4 Å². The molecule has 0 aliphatic carbocycles. The third kappa shape index (κ3) is 3.65. The smallest absolute Gasteiger partial charge is 0.545 e. The zero-order valence-corrected chi connectivity index (χ0v) is 17.4. The molecular formula is C19H13BrNNaO3. The molecule has 0 saturated carbocycles. The number of carbonyl (C=O) groups is 1. The van der Waals surface area contributed by atoms with Crippen LogP contribution < -0.4 is 40.1 Å². The van der Waals surface area contributed by atoms with Crippen molar-refractivity contribution in [3.05, 3.63) is 80.9 Å². The normalized spacial score (nSPS) is 10.2. The summed E-state index contributed by atoms with van der Waals surface area (Å²) >= 11 is 3.27. The topological polar surface area (TPSA) is 62.1 Å². The van der Waals surface area contributed by atoms with Gasteiger partial charge in [0.1, 0.15) is 0 Å². The molecule has 1 heterocycles. The quantitative estimate of drug-likeness (QED) is 0.569. The molecule has 0 fully saturated rings. The summed E-state index contributed by atoms with van der Waals surface area (Å²) in [6.45, 7) is 0. The van der Waals surface area contributed by atoms with Crippen molar-refractivity contribution in [3.63, 3.8) is 0 Å². The van der Waals surface area contributed by atoms with Crippen molar-refractivity contribution in [2.75, 3.05) is 0 Å². The van der Waals surface area contributed by atoms with E-state index in [4.69, 9.17) is 0 Å². The number of halogens is 1. The van der Waals surface area contributed by atoms with Crippen molar-refractivity contribution in [1.29, 1.82) is 0 Å². The third-order valence-corrected chi connectivity index (χ3v) is 4.58. The molecule has 0 atom stereocenters. The van der Waals surface area contributed by atoms with Crippen LogP contribution in [0.2, 0.25) is 0 Å². The maximum atomic E-state index is 12.7. The van der Waals surface area contributed by atoms with E-state index in [2.05, 4.69) is 15.9 Å². The fourth-order valence-corrected chi connectivity index (χ4v) is 3.48. The van der Waals surface area contributed by atoms with Crippen LogP contribution in [-0.4, -0.2) is 10.5 Å². The second kappa shape index (κ2) is 8.15. The first-order valence-corrected chi connectivity index (χ1v) is 8.06. The van der Waals surface area contributed by atoms with Gasteiger partial charge in [0.2, 0.25) is 5.43 Å². The largest absolute Gasteiger partial charge is 1.00 e. The number of aromatic nitrogens is 1. The maximum Gasteiger partial charge on any atom is 1.00 e. The Kier molecular flexibility index (Phi) is 6.41. The Morgan fingerprint density at radius 2 is 1.36 bits per heavy atom. The SMILES string of the molecule is Cn1c(-c2ccccc2)c(Br)c(=O)c(C(=O)[O-])c1-c1ccccc1.[Na+]. The number of benzene rings is 2. The first-order valence-electron chi connectivity index (χ1n) is 7.27. The van der Waals surface area contributed by atoms with Crippen molar-refractivity contribution >= 4 is 21.9 Å². The Balaban J connectivity index is 0.00000225. The van der Waals surface area contributed by atoms with Gasteiger partial charge in [0.05, 0.1) is 27.4 Å². The third-order valence-electron chi connectivity index (χ3n) is 3.84. The summed E-state index contributed by atoms with van der Waals surface area (Å²) in [5.41, 5.74) is 1.44. The van der Waals surface area contributed by atoms with E-state index in [-0.39, 0.29) is 39.6 Å². The molecule has 0 aliphatic rings. The molecule has 1 aromatic heterocycles. The molecule has 0 amide bonds. The molecule has 0 spiro atoms. The van der Waals surface area contributed by atoms with Crippen molar-refractivity contribution in [3.8, 4) is 22.5 Å². The summed E-state index contributed by atoms with van der Waals surface area (Å²) in [4.78, 5) is 24.3. The predicted molar refractivity (Wildman–Crippen MR) is 94.6 cm³/mol. The number of carboxylic acids is 1. The second-order valence-corrected chi connectivity index (χ2v) is 6.09. The van der Waals surface area contributed by atoms with E-state index in [1.165, 1.54) is 0 Å². The Morgan fingerprint density at radius 1 is 0.920 bits per heavy atom. The Hall–Kier alpha value is -1.66. The number of nitrogens with zero attached hydrogens (tertiary/aromatic N) is 1. The number of carboxylic acid groups (broad SMARTS) is 1. The molecule has 6 heteroatoms. The summed E-state index contributed by atoms with van der Waals surface area (Å²) in [6.07, 6.45) is 0. The van der Waals surface area contributed by atoms with Gasteiger partial charge in [-0.2, -0.15) is 0 Å². The summed E-state index contributed by atoms with van der Waals surface area (Å²) in [5, 5.41) is 11.6. The Morgan fingerprint density at radius 3 is 1.80 bits per heavy atom. The van der Waals surface area contributed by atoms with Crippen molar-refractivity contribution < 1.29 is 39.5 Å². The van der Waals surface area contributed by atoms with Gasteiger partial charge in [0.25, 0.3) is 0 Å². The molecular weight excluding hydrogens is 393 g/mol. The number of rotatable bonds is 3. The summed E-state index contributed by atoms with van der Waals surface area (Å²) < 4.78 is 1.91. The summed E-state index contributed by atoms with van der Waals surface area (Å²) in [7, 11) is 1.74. The van der Waals surface area contributed by atoms with Crippen molar-refractivity contribution in [2.24, 2.45) is 7.05 Å². The molecule has 3 aromatic rings. The molecule has 120 valence electrons. The van der Waals surface area contributed by atoms with E-state index in [1.807, 2.05) is 36.4 Å². The van der Waals surface area contributed by atoms with Crippen LogP contribution in [-0.2, 0) is 7.05 Å². The molecule has 2 aromatic carbocycles. The second-order valence-electron chi connectivity index (χ2n) is 5.29. The molecule has 0 unspecified atom stereocenters. The van der Waals surface area contributed by atoms with Gasteiger partial charge in [0, 0.05) is 7.05 Å². The van der Waals surface area contributed by atoms with Gasteiger partial charge >= 0.3 is 29.6 Å². The average molecular weight is 406 g/mol. The van der Waals surface area contributed by atoms with Crippen LogP contribution in [0.4, 0.5) is 0 Å². The first kappa shape index (κ1) is 19.7. The van der Waals surface area contributed by atoms with Crippen molar-refractivity contribution in [2.45, 2.75) is 0 Å². The minimum absolute atomic E-state index is 0. The molecule has 0 saturated heterocycles. The van der Waals surface area contributed by atoms with E-state index in [0.717, 1.165) is 5.56 Å². The molecule has 0 aliphatic heterocycles. The van der Waals surface area contributed by atoms with Crippen LogP contribution in [0.25, 0.3) is 22.5 Å². The van der Waals surface area contributed by atoms with Crippen molar-refractivity contribution in [1.82, 2.24) is 4.57 Å². The molecule has 0 N–H and O–H groups in total. The van der Waals surface area contributed by atoms with Crippen LogP contribution in [0.3, 0.4) is 0 Å². The van der Waals surface area contributed by atoms with E-state index in [0.29, 0.717) is 17.0 Å². The maximum absolute atomic E-state index is 12.7. The van der Waals surface area contributed by atoms with Gasteiger partial charge in [-0.05, 0) is 27.1 Å². The monoisotopic (exact) mass is 405 g/mol. The fraction of sp³-hybridized carbons (Fsp3) is 0.0526. The van der Waals surface area contributed by atoms with Crippen LogP contribution in [0, 0.1) is 0 Å². The van der Waals surface area contributed by atoms with E-state index in [9.17, 15) is 14.7 Å². The van der Waals surface area contributed by atoms with Crippen LogP contribution >= 0.6 is 15.9 Å². The van der Waals surface area contributed by atoms with Gasteiger partial charge in [-0.3, -0.25) is 4.79 Å². The van der Waals surface area contributed by atoms with Gasteiger partial charge in [-0.15, -0.1) is 0 Å². The fourth-order valence-electron chi connectivity index (χ4n) is 2.79. The number of pyridine rings is 1. The standard InChI is InChI=1S/C19H14BrNO3.Na/c1-21-16(12-8-4-2-5-9-12)14(19(23)24)18(22)15(20)17(21)13-10-6-3-7-11-13;/h2-11H,1H3,(H,23,24);/q;+1/p-1. The minimum atomic E-state index is -1.49. The van der Waals surface area contributed by atoms with E-state index < -0.39 is 11.4 Å². The van der Waals surface area contributed by atoms with Gasteiger partial charge in [0.15, 0.2) is 0 Å². The molecule has 0 bridgehead atoms. The van der Waals surface area contributed by atoms with Gasteiger partial charge in [-0.1, -0.05) is 60.7 Å². The molecule has 4 nitrogen and oxygen atoms in total. The van der Waals surface area contributed by atoms with Gasteiger partial charge in [-0.25, -0.2) is 0 Å². The Bertz CT molecular complexity index is 969. The average Bonchev–Trinajstić information content (AvgIpc) is 2.59. The molecule has 25 heavy (non-hydrogen) atoms. The number of aromatic carboxylic acids is 1. The summed E-state index contributed by atoms with van der Waals surface area (Å²) in [5.74, 6) is -1.49.